The van der Waals surface area contributed by atoms with E-state index in [9.17, 15) is 9.90 Å². The molecule has 0 aliphatic heterocycles. The number of thiophene rings is 1. The summed E-state index contributed by atoms with van der Waals surface area (Å²) in [6.45, 7) is 1.93. The van der Waals surface area contributed by atoms with Crippen LogP contribution < -0.4 is 5.11 Å². The van der Waals surface area contributed by atoms with Gasteiger partial charge in [-0.3, -0.25) is 0 Å². The van der Waals surface area contributed by atoms with Gasteiger partial charge in [0.1, 0.15) is 0 Å². The van der Waals surface area contributed by atoms with E-state index in [-0.39, 0.29) is 6.42 Å². The molecular weight excluding hydrogens is 228 g/mol. The summed E-state index contributed by atoms with van der Waals surface area (Å²) in [7, 11) is 0. The summed E-state index contributed by atoms with van der Waals surface area (Å²) in [5.74, 6) is -1.03. The molecule has 1 rings (SSSR count). The number of aryl methyl sites for hydroxylation is 1. The molecule has 0 saturated heterocycles. The van der Waals surface area contributed by atoms with Crippen LogP contribution in [0.2, 0.25) is 0 Å². The van der Waals surface area contributed by atoms with E-state index in [1.807, 2.05) is 13.0 Å². The Labute approximate surface area is 77.0 Å². The lowest BCUT2D eigenvalue weighted by molar-refractivity contribution is -0.304. The van der Waals surface area contributed by atoms with Gasteiger partial charge in [0.2, 0.25) is 0 Å². The average Bonchev–Trinajstić information content (AvgIpc) is 2.10. The molecule has 1 aromatic heterocycles. The molecule has 0 aromatic carbocycles. The standard InChI is InChI=1S/C7H7BrO2S/c1-4-2-5(3-6(9)10)11-7(4)8/h2H,3H2,1H3,(H,9,10)/p-1. The maximum atomic E-state index is 10.2. The SMILES string of the molecule is Cc1cc(CC(=O)[O-])sc1Br. The molecule has 11 heavy (non-hydrogen) atoms. The third-order valence-corrected chi connectivity index (χ3v) is 3.36. The molecule has 0 saturated carbocycles. The van der Waals surface area contributed by atoms with Crippen LogP contribution in [0, 0.1) is 6.92 Å². The van der Waals surface area contributed by atoms with Crippen LogP contribution in [-0.2, 0) is 11.2 Å². The molecule has 0 bridgehead atoms. The van der Waals surface area contributed by atoms with Crippen LogP contribution in [0.1, 0.15) is 10.4 Å². The lowest BCUT2D eigenvalue weighted by atomic mass is 10.3. The Hall–Kier alpha value is -0.350. The van der Waals surface area contributed by atoms with Crippen molar-refractivity contribution >= 4 is 33.2 Å². The summed E-state index contributed by atoms with van der Waals surface area (Å²) in [4.78, 5) is 11.0. The predicted molar refractivity (Wildman–Crippen MR) is 45.5 cm³/mol. The minimum absolute atomic E-state index is 0.0110. The second-order valence-electron chi connectivity index (χ2n) is 2.22. The first-order valence-corrected chi connectivity index (χ1v) is 4.65. The van der Waals surface area contributed by atoms with Crippen molar-refractivity contribution in [3.8, 4) is 0 Å². The molecule has 1 aromatic rings. The summed E-state index contributed by atoms with van der Waals surface area (Å²) < 4.78 is 0.994. The first kappa shape index (κ1) is 8.74. The summed E-state index contributed by atoms with van der Waals surface area (Å²) in [5, 5.41) is 10.2. The van der Waals surface area contributed by atoms with E-state index in [2.05, 4.69) is 15.9 Å². The van der Waals surface area contributed by atoms with Gasteiger partial charge in [0, 0.05) is 17.3 Å². The Bertz CT molecular complexity index is 260. The maximum absolute atomic E-state index is 10.2. The van der Waals surface area contributed by atoms with Crippen LogP contribution >= 0.6 is 27.3 Å². The zero-order valence-corrected chi connectivity index (χ0v) is 8.29. The summed E-state index contributed by atoms with van der Waals surface area (Å²) >= 11 is 4.75. The van der Waals surface area contributed by atoms with E-state index in [1.165, 1.54) is 11.3 Å². The monoisotopic (exact) mass is 233 g/mol. The molecule has 0 unspecified atom stereocenters. The van der Waals surface area contributed by atoms with Gasteiger partial charge in [-0.25, -0.2) is 0 Å². The van der Waals surface area contributed by atoms with Crippen LogP contribution in [0.25, 0.3) is 0 Å². The zero-order chi connectivity index (χ0) is 8.43. The number of aliphatic carboxylic acids is 1. The fraction of sp³-hybridized carbons (Fsp3) is 0.286. The average molecular weight is 234 g/mol. The van der Waals surface area contributed by atoms with Crippen molar-refractivity contribution in [2.75, 3.05) is 0 Å². The normalized spacial score (nSPS) is 10.0. The Kier molecular flexibility index (Phi) is 2.67. The van der Waals surface area contributed by atoms with Crippen molar-refractivity contribution in [3.05, 3.63) is 20.3 Å². The first-order valence-electron chi connectivity index (χ1n) is 3.04. The topological polar surface area (TPSA) is 40.1 Å². The van der Waals surface area contributed by atoms with Gasteiger partial charge in [0.05, 0.1) is 3.79 Å². The number of hydrogen-bond acceptors (Lipinski definition) is 3. The summed E-state index contributed by atoms with van der Waals surface area (Å²) in [6, 6.07) is 1.85. The van der Waals surface area contributed by atoms with E-state index in [0.29, 0.717) is 0 Å². The van der Waals surface area contributed by atoms with Crippen LogP contribution in [-0.4, -0.2) is 5.97 Å². The number of carbonyl (C=O) groups is 1. The van der Waals surface area contributed by atoms with Crippen molar-refractivity contribution in [2.24, 2.45) is 0 Å². The highest BCUT2D eigenvalue weighted by molar-refractivity contribution is 9.11. The largest absolute Gasteiger partial charge is 0.550 e. The Morgan fingerprint density at radius 3 is 2.82 bits per heavy atom. The number of halogens is 1. The summed E-state index contributed by atoms with van der Waals surface area (Å²) in [6.07, 6.45) is 0.0110. The molecule has 0 aliphatic carbocycles. The molecule has 0 fully saturated rings. The van der Waals surface area contributed by atoms with Crippen molar-refractivity contribution in [1.29, 1.82) is 0 Å². The molecule has 0 spiro atoms. The van der Waals surface area contributed by atoms with Gasteiger partial charge in [-0.05, 0) is 34.5 Å². The lowest BCUT2D eigenvalue weighted by Gasteiger charge is -1.95. The fourth-order valence-corrected chi connectivity index (χ4v) is 2.37. The Morgan fingerprint density at radius 2 is 2.45 bits per heavy atom. The van der Waals surface area contributed by atoms with Crippen molar-refractivity contribution in [2.45, 2.75) is 13.3 Å². The molecule has 60 valence electrons. The number of rotatable bonds is 2. The molecule has 1 heterocycles. The van der Waals surface area contributed by atoms with Gasteiger partial charge in [-0.15, -0.1) is 11.3 Å². The van der Waals surface area contributed by atoms with E-state index < -0.39 is 5.97 Å². The zero-order valence-electron chi connectivity index (χ0n) is 5.89. The molecule has 0 atom stereocenters. The molecule has 0 amide bonds. The van der Waals surface area contributed by atoms with Crippen molar-refractivity contribution in [1.82, 2.24) is 0 Å². The van der Waals surface area contributed by atoms with Crippen LogP contribution in [0.4, 0.5) is 0 Å². The van der Waals surface area contributed by atoms with Gasteiger partial charge in [0.25, 0.3) is 0 Å². The van der Waals surface area contributed by atoms with Crippen molar-refractivity contribution in [3.63, 3.8) is 0 Å². The van der Waals surface area contributed by atoms with E-state index in [0.717, 1.165) is 14.2 Å². The summed E-state index contributed by atoms with van der Waals surface area (Å²) in [5.41, 5.74) is 1.08. The highest BCUT2D eigenvalue weighted by Crippen LogP contribution is 2.27. The highest BCUT2D eigenvalue weighted by atomic mass is 79.9. The number of carboxylic acids is 1. The Morgan fingerprint density at radius 1 is 1.82 bits per heavy atom. The van der Waals surface area contributed by atoms with Gasteiger partial charge in [-0.1, -0.05) is 0 Å². The van der Waals surface area contributed by atoms with Gasteiger partial charge in [-0.2, -0.15) is 0 Å². The first-order chi connectivity index (χ1) is 5.09. The number of carbonyl (C=O) groups excluding carboxylic acids is 1. The Balaban J connectivity index is 2.81. The quantitative estimate of drug-likeness (QED) is 0.769. The molecule has 0 radical (unpaired) electrons. The van der Waals surface area contributed by atoms with Gasteiger partial charge in [0.15, 0.2) is 0 Å². The van der Waals surface area contributed by atoms with E-state index in [1.54, 1.807) is 0 Å². The molecule has 0 aliphatic rings. The highest BCUT2D eigenvalue weighted by Gasteiger charge is 2.01. The third-order valence-electron chi connectivity index (χ3n) is 1.23. The number of carboxylic acid groups (broad SMARTS) is 1. The van der Waals surface area contributed by atoms with Gasteiger partial charge < -0.3 is 9.90 Å². The van der Waals surface area contributed by atoms with E-state index in [4.69, 9.17) is 0 Å². The minimum atomic E-state index is -1.03. The lowest BCUT2D eigenvalue weighted by Crippen LogP contribution is -2.23. The second kappa shape index (κ2) is 3.36. The molecule has 2 nitrogen and oxygen atoms in total. The minimum Gasteiger partial charge on any atom is -0.550 e. The van der Waals surface area contributed by atoms with Crippen LogP contribution in [0.3, 0.4) is 0 Å². The van der Waals surface area contributed by atoms with Crippen LogP contribution in [0.15, 0.2) is 9.85 Å². The predicted octanol–water partition coefficient (Wildman–Crippen LogP) is 1.11. The molecule has 0 N–H and O–H groups in total. The third kappa shape index (κ3) is 2.31. The van der Waals surface area contributed by atoms with Crippen molar-refractivity contribution < 1.29 is 9.90 Å². The van der Waals surface area contributed by atoms with Gasteiger partial charge >= 0.3 is 0 Å². The molecular formula is C7H6BrO2S-. The smallest absolute Gasteiger partial charge is 0.0730 e. The number of hydrogen-bond donors (Lipinski definition) is 0. The van der Waals surface area contributed by atoms with E-state index >= 15 is 0 Å². The molecule has 4 heteroatoms. The van der Waals surface area contributed by atoms with Crippen LogP contribution in [0.5, 0.6) is 0 Å². The maximum Gasteiger partial charge on any atom is 0.0730 e. The fourth-order valence-electron chi connectivity index (χ4n) is 0.753. The second-order valence-corrected chi connectivity index (χ2v) is 4.67.